The van der Waals surface area contributed by atoms with Gasteiger partial charge in [0.05, 0.1) is 21.8 Å². The summed E-state index contributed by atoms with van der Waals surface area (Å²) in [4.78, 5) is 4.10. The second kappa shape index (κ2) is 5.52. The van der Waals surface area contributed by atoms with Crippen LogP contribution in [-0.4, -0.2) is 9.97 Å². The monoisotopic (exact) mass is 298 g/mol. The number of nitrogens with zero attached hydrogens (tertiary/aromatic N) is 1. The van der Waals surface area contributed by atoms with Crippen molar-refractivity contribution in [3.05, 3.63) is 52.3 Å². The van der Waals surface area contributed by atoms with E-state index in [1.165, 1.54) is 12.4 Å². The highest BCUT2D eigenvalue weighted by molar-refractivity contribution is 7.80. The van der Waals surface area contributed by atoms with Crippen molar-refractivity contribution in [2.75, 3.05) is 0 Å². The van der Waals surface area contributed by atoms with Gasteiger partial charge in [0.25, 0.3) is 0 Å². The first-order valence-electron chi connectivity index (χ1n) is 4.94. The van der Waals surface area contributed by atoms with Crippen LogP contribution in [-0.2, 0) is 0 Å². The molecule has 2 aromatic rings. The number of rotatable bonds is 3. The van der Waals surface area contributed by atoms with Gasteiger partial charge in [-0.05, 0) is 12.1 Å². The van der Waals surface area contributed by atoms with Crippen molar-refractivity contribution >= 4 is 40.4 Å². The Morgan fingerprint density at radius 3 is 2.72 bits per heavy atom. The number of benzene rings is 1. The normalized spacial score (nSPS) is 10.1. The number of hydrogen-bond acceptors (Lipinski definition) is 3. The Hall–Kier alpha value is -1.36. The first kappa shape index (κ1) is 13.1. The maximum atomic E-state index is 6.03. The van der Waals surface area contributed by atoms with E-state index >= 15 is 0 Å². The average Bonchev–Trinajstić information content (AvgIpc) is 2.28. The lowest BCUT2D eigenvalue weighted by Gasteiger charge is -2.11. The van der Waals surface area contributed by atoms with Gasteiger partial charge in [0.15, 0.2) is 0 Å². The largest absolute Gasteiger partial charge is 0.455 e. The van der Waals surface area contributed by atoms with E-state index in [0.29, 0.717) is 27.1 Å². The molecule has 0 aliphatic heterocycles. The van der Waals surface area contributed by atoms with Gasteiger partial charge in [0.1, 0.15) is 16.5 Å². The lowest BCUT2D eigenvalue weighted by molar-refractivity contribution is 0.479. The molecule has 1 aromatic carbocycles. The van der Waals surface area contributed by atoms with Gasteiger partial charge in [-0.3, -0.25) is 4.98 Å². The minimum Gasteiger partial charge on any atom is -0.455 e. The third kappa shape index (κ3) is 2.90. The summed E-state index contributed by atoms with van der Waals surface area (Å²) in [5.41, 5.74) is 6.12. The fourth-order valence-corrected chi connectivity index (χ4v) is 2.10. The van der Waals surface area contributed by atoms with Gasteiger partial charge in [0, 0.05) is 12.3 Å². The zero-order chi connectivity index (χ0) is 13.1. The summed E-state index contributed by atoms with van der Waals surface area (Å²) >= 11 is 16.8. The summed E-state index contributed by atoms with van der Waals surface area (Å²) in [7, 11) is 0. The maximum Gasteiger partial charge on any atom is 0.147 e. The molecular weight excluding hydrogens is 291 g/mol. The molecule has 0 amide bonds. The van der Waals surface area contributed by atoms with Gasteiger partial charge in [0.2, 0.25) is 0 Å². The lowest BCUT2D eigenvalue weighted by atomic mass is 10.2. The van der Waals surface area contributed by atoms with E-state index in [2.05, 4.69) is 4.98 Å². The molecule has 2 N–H and O–H groups in total. The quantitative estimate of drug-likeness (QED) is 0.875. The van der Waals surface area contributed by atoms with Gasteiger partial charge in [-0.15, -0.1) is 0 Å². The maximum absolute atomic E-state index is 6.03. The number of nitrogens with two attached hydrogens (primary N) is 1. The molecule has 0 unspecified atom stereocenters. The highest BCUT2D eigenvalue weighted by Gasteiger charge is 2.11. The van der Waals surface area contributed by atoms with Crippen LogP contribution in [0.1, 0.15) is 5.56 Å². The number of halogens is 2. The predicted octanol–water partition coefficient (Wildman–Crippen LogP) is 3.81. The van der Waals surface area contributed by atoms with Crippen LogP contribution < -0.4 is 10.5 Å². The Balaban J connectivity index is 2.40. The van der Waals surface area contributed by atoms with Gasteiger partial charge in [-0.1, -0.05) is 41.5 Å². The minimum absolute atomic E-state index is 0.172. The van der Waals surface area contributed by atoms with Crippen molar-refractivity contribution < 1.29 is 4.74 Å². The summed E-state index contributed by atoms with van der Waals surface area (Å²) in [6.45, 7) is 0. The predicted molar refractivity (Wildman–Crippen MR) is 76.7 cm³/mol. The second-order valence-electron chi connectivity index (χ2n) is 3.42. The van der Waals surface area contributed by atoms with E-state index in [9.17, 15) is 0 Å². The molecule has 0 atom stereocenters. The Morgan fingerprint density at radius 2 is 2.06 bits per heavy atom. The molecule has 1 heterocycles. The lowest BCUT2D eigenvalue weighted by Crippen LogP contribution is -2.11. The van der Waals surface area contributed by atoms with E-state index in [-0.39, 0.29) is 4.99 Å². The second-order valence-corrected chi connectivity index (χ2v) is 4.70. The number of aromatic nitrogens is 1. The van der Waals surface area contributed by atoms with E-state index < -0.39 is 0 Å². The average molecular weight is 299 g/mol. The first-order valence-corrected chi connectivity index (χ1v) is 6.11. The van der Waals surface area contributed by atoms with Crippen LogP contribution in [0, 0.1) is 0 Å². The number of pyridine rings is 1. The Kier molecular flexibility index (Phi) is 4.01. The van der Waals surface area contributed by atoms with Crippen LogP contribution in [0.4, 0.5) is 0 Å². The minimum atomic E-state index is 0.172. The zero-order valence-corrected chi connectivity index (χ0v) is 11.4. The molecule has 6 heteroatoms. The SMILES string of the molecule is NC(=S)c1c(Cl)cccc1Oc1cncc(Cl)c1. The molecule has 0 fully saturated rings. The number of ether oxygens (including phenoxy) is 1. The standard InChI is InChI=1S/C12H8Cl2N2OS/c13-7-4-8(6-16-5-7)17-10-3-1-2-9(14)11(10)12(15)18/h1-6H,(H2,15,18). The molecule has 0 bridgehead atoms. The Labute approximate surface area is 119 Å². The molecule has 18 heavy (non-hydrogen) atoms. The summed E-state index contributed by atoms with van der Waals surface area (Å²) in [5.74, 6) is 0.960. The molecule has 0 saturated heterocycles. The van der Waals surface area contributed by atoms with E-state index in [1.807, 2.05) is 0 Å². The number of thiocarbonyl (C=S) groups is 1. The molecule has 0 saturated carbocycles. The summed E-state index contributed by atoms with van der Waals surface area (Å²) in [5, 5.41) is 0.918. The highest BCUT2D eigenvalue weighted by Crippen LogP contribution is 2.30. The van der Waals surface area contributed by atoms with Crippen molar-refractivity contribution in [3.8, 4) is 11.5 Å². The van der Waals surface area contributed by atoms with Crippen LogP contribution >= 0.6 is 35.4 Å². The molecule has 3 nitrogen and oxygen atoms in total. The molecular formula is C12H8Cl2N2OS. The van der Waals surface area contributed by atoms with Crippen LogP contribution in [0.5, 0.6) is 11.5 Å². The van der Waals surface area contributed by atoms with Crippen LogP contribution in [0.15, 0.2) is 36.7 Å². The van der Waals surface area contributed by atoms with Gasteiger partial charge < -0.3 is 10.5 Å². The smallest absolute Gasteiger partial charge is 0.147 e. The van der Waals surface area contributed by atoms with Crippen LogP contribution in [0.25, 0.3) is 0 Å². The zero-order valence-electron chi connectivity index (χ0n) is 9.06. The van der Waals surface area contributed by atoms with Gasteiger partial charge in [-0.2, -0.15) is 0 Å². The fourth-order valence-electron chi connectivity index (χ4n) is 1.40. The van der Waals surface area contributed by atoms with Gasteiger partial charge >= 0.3 is 0 Å². The summed E-state index contributed by atoms with van der Waals surface area (Å²) in [6, 6.07) is 6.80. The fraction of sp³-hybridized carbons (Fsp3) is 0. The van der Waals surface area contributed by atoms with Crippen LogP contribution in [0.2, 0.25) is 10.0 Å². The third-order valence-corrected chi connectivity index (χ3v) is 2.86. The van der Waals surface area contributed by atoms with E-state index in [1.54, 1.807) is 24.3 Å². The summed E-state index contributed by atoms with van der Waals surface area (Å²) < 4.78 is 5.63. The molecule has 1 aromatic heterocycles. The molecule has 92 valence electrons. The van der Waals surface area contributed by atoms with Gasteiger partial charge in [-0.25, -0.2) is 0 Å². The molecule has 0 aliphatic rings. The van der Waals surface area contributed by atoms with Crippen molar-refractivity contribution in [1.82, 2.24) is 4.98 Å². The van der Waals surface area contributed by atoms with Crippen molar-refractivity contribution in [3.63, 3.8) is 0 Å². The van der Waals surface area contributed by atoms with Crippen molar-refractivity contribution in [1.29, 1.82) is 0 Å². The molecule has 0 spiro atoms. The van der Waals surface area contributed by atoms with Crippen LogP contribution in [0.3, 0.4) is 0 Å². The van der Waals surface area contributed by atoms with Crippen molar-refractivity contribution in [2.24, 2.45) is 5.73 Å². The molecule has 0 aliphatic carbocycles. The molecule has 2 rings (SSSR count). The Morgan fingerprint density at radius 1 is 1.28 bits per heavy atom. The molecule has 0 radical (unpaired) electrons. The first-order chi connectivity index (χ1) is 8.58. The summed E-state index contributed by atoms with van der Waals surface area (Å²) in [6.07, 6.45) is 3.05. The van der Waals surface area contributed by atoms with Crippen molar-refractivity contribution in [2.45, 2.75) is 0 Å². The highest BCUT2D eigenvalue weighted by atomic mass is 35.5. The van der Waals surface area contributed by atoms with E-state index in [4.69, 9.17) is 45.9 Å². The third-order valence-electron chi connectivity index (χ3n) is 2.13. The Bertz CT molecular complexity index is 604. The number of hydrogen-bond donors (Lipinski definition) is 1. The topological polar surface area (TPSA) is 48.1 Å². The van der Waals surface area contributed by atoms with E-state index in [0.717, 1.165) is 0 Å².